The third-order valence-electron chi connectivity index (χ3n) is 2.58. The fourth-order valence-corrected chi connectivity index (χ4v) is 1.55. The van der Waals surface area contributed by atoms with Crippen molar-refractivity contribution in [2.75, 3.05) is 6.54 Å². The molecule has 0 unspecified atom stereocenters. The Morgan fingerprint density at radius 2 is 2.06 bits per heavy atom. The van der Waals surface area contributed by atoms with Gasteiger partial charge >= 0.3 is 0 Å². The number of nitrogens with one attached hydrogen (secondary N) is 1. The summed E-state index contributed by atoms with van der Waals surface area (Å²) in [7, 11) is 0. The minimum Gasteiger partial charge on any atom is -0.481 e. The molecule has 1 atom stereocenters. The van der Waals surface area contributed by atoms with E-state index in [0.29, 0.717) is 6.54 Å². The molecule has 0 saturated heterocycles. The highest BCUT2D eigenvalue weighted by atomic mass is 16.5. The van der Waals surface area contributed by atoms with Crippen LogP contribution in [0.25, 0.3) is 0 Å². The van der Waals surface area contributed by atoms with E-state index in [0.717, 1.165) is 24.2 Å². The minimum atomic E-state index is -0.450. The van der Waals surface area contributed by atoms with Crippen LogP contribution >= 0.6 is 0 Å². The number of hydrogen-bond donors (Lipinski definition) is 1. The van der Waals surface area contributed by atoms with Crippen LogP contribution < -0.4 is 10.1 Å². The van der Waals surface area contributed by atoms with Gasteiger partial charge in [-0.05, 0) is 31.4 Å². The predicted octanol–water partition coefficient (Wildman–Crippen LogP) is 2.54. The number of para-hydroxylation sites is 1. The van der Waals surface area contributed by atoms with Crippen LogP contribution in [0.4, 0.5) is 0 Å². The summed E-state index contributed by atoms with van der Waals surface area (Å²) in [6.07, 6.45) is 1.39. The summed E-state index contributed by atoms with van der Waals surface area (Å²) in [6.45, 7) is 6.57. The van der Waals surface area contributed by atoms with Crippen molar-refractivity contribution in [1.29, 1.82) is 0 Å². The topological polar surface area (TPSA) is 38.3 Å². The van der Waals surface area contributed by atoms with Crippen LogP contribution in [-0.2, 0) is 11.2 Å². The Morgan fingerprint density at radius 3 is 2.71 bits per heavy atom. The van der Waals surface area contributed by atoms with E-state index in [4.69, 9.17) is 4.74 Å². The summed E-state index contributed by atoms with van der Waals surface area (Å²) < 4.78 is 5.68. The maximum Gasteiger partial charge on any atom is 0.260 e. The van der Waals surface area contributed by atoms with Crippen molar-refractivity contribution in [1.82, 2.24) is 5.32 Å². The monoisotopic (exact) mass is 235 g/mol. The first-order valence-electron chi connectivity index (χ1n) is 6.21. The molecule has 0 spiro atoms. The standard InChI is InChI=1S/C14H21NO2/c1-4-10-15-14(16)11(3)17-13-9-7-6-8-12(13)5-2/h6-9,11H,4-5,10H2,1-3H3,(H,15,16)/t11-/m1/s1. The average molecular weight is 235 g/mol. The zero-order valence-electron chi connectivity index (χ0n) is 10.8. The van der Waals surface area contributed by atoms with E-state index in [1.807, 2.05) is 31.2 Å². The molecule has 3 heteroatoms. The molecule has 1 N–H and O–H groups in total. The molecule has 1 amide bonds. The highest BCUT2D eigenvalue weighted by molar-refractivity contribution is 5.80. The van der Waals surface area contributed by atoms with E-state index in [9.17, 15) is 4.79 Å². The molecule has 0 saturated carbocycles. The summed E-state index contributed by atoms with van der Waals surface area (Å²) in [6, 6.07) is 7.83. The average Bonchev–Trinajstić information content (AvgIpc) is 2.36. The molecule has 0 radical (unpaired) electrons. The van der Waals surface area contributed by atoms with Crippen molar-refractivity contribution in [3.8, 4) is 5.75 Å². The molecule has 94 valence electrons. The largest absolute Gasteiger partial charge is 0.481 e. The molecule has 0 bridgehead atoms. The fourth-order valence-electron chi connectivity index (χ4n) is 1.55. The number of aryl methyl sites for hydroxylation is 1. The van der Waals surface area contributed by atoms with Gasteiger partial charge in [-0.3, -0.25) is 4.79 Å². The van der Waals surface area contributed by atoms with Crippen LogP contribution in [0.2, 0.25) is 0 Å². The number of benzene rings is 1. The summed E-state index contributed by atoms with van der Waals surface area (Å²) in [5, 5.41) is 2.83. The summed E-state index contributed by atoms with van der Waals surface area (Å²) in [4.78, 5) is 11.7. The van der Waals surface area contributed by atoms with Gasteiger partial charge in [-0.2, -0.15) is 0 Å². The van der Waals surface area contributed by atoms with Gasteiger partial charge in [0, 0.05) is 6.54 Å². The van der Waals surface area contributed by atoms with Crippen molar-refractivity contribution in [3.05, 3.63) is 29.8 Å². The minimum absolute atomic E-state index is 0.0576. The number of rotatable bonds is 6. The van der Waals surface area contributed by atoms with E-state index in [-0.39, 0.29) is 5.91 Å². The van der Waals surface area contributed by atoms with Gasteiger partial charge in [-0.15, -0.1) is 0 Å². The van der Waals surface area contributed by atoms with Crippen LogP contribution in [0.1, 0.15) is 32.8 Å². The number of carbonyl (C=O) groups excluding carboxylic acids is 1. The molecule has 1 aromatic rings. The Labute approximate surface area is 103 Å². The molecular formula is C14H21NO2. The molecule has 3 nitrogen and oxygen atoms in total. The van der Waals surface area contributed by atoms with E-state index in [2.05, 4.69) is 12.2 Å². The first-order valence-corrected chi connectivity index (χ1v) is 6.21. The Balaban J connectivity index is 2.60. The maximum atomic E-state index is 11.7. The smallest absolute Gasteiger partial charge is 0.260 e. The van der Waals surface area contributed by atoms with E-state index < -0.39 is 6.10 Å². The first-order chi connectivity index (χ1) is 8.19. The maximum absolute atomic E-state index is 11.7. The van der Waals surface area contributed by atoms with Crippen molar-refractivity contribution in [2.45, 2.75) is 39.7 Å². The second-order valence-corrected chi connectivity index (χ2v) is 4.01. The number of amides is 1. The summed E-state index contributed by atoms with van der Waals surface area (Å²) >= 11 is 0. The van der Waals surface area contributed by atoms with Crippen molar-refractivity contribution < 1.29 is 9.53 Å². The third-order valence-corrected chi connectivity index (χ3v) is 2.58. The zero-order chi connectivity index (χ0) is 12.7. The van der Waals surface area contributed by atoms with E-state index in [1.54, 1.807) is 6.92 Å². The Morgan fingerprint density at radius 1 is 1.35 bits per heavy atom. The van der Waals surface area contributed by atoms with Crippen LogP contribution in [0.5, 0.6) is 5.75 Å². The van der Waals surface area contributed by atoms with Gasteiger partial charge in [0.2, 0.25) is 0 Å². The number of hydrogen-bond acceptors (Lipinski definition) is 2. The quantitative estimate of drug-likeness (QED) is 0.823. The number of ether oxygens (including phenoxy) is 1. The van der Waals surface area contributed by atoms with Crippen LogP contribution in [0.3, 0.4) is 0 Å². The first kappa shape index (κ1) is 13.6. The van der Waals surface area contributed by atoms with Crippen LogP contribution in [-0.4, -0.2) is 18.6 Å². The second-order valence-electron chi connectivity index (χ2n) is 4.01. The molecule has 0 aliphatic rings. The van der Waals surface area contributed by atoms with Gasteiger partial charge < -0.3 is 10.1 Å². The van der Waals surface area contributed by atoms with E-state index in [1.165, 1.54) is 0 Å². The van der Waals surface area contributed by atoms with Crippen molar-refractivity contribution in [2.24, 2.45) is 0 Å². The molecule has 1 rings (SSSR count). The van der Waals surface area contributed by atoms with Gasteiger partial charge in [-0.1, -0.05) is 32.0 Å². The molecular weight excluding hydrogens is 214 g/mol. The number of carbonyl (C=O) groups is 1. The second kappa shape index (κ2) is 6.94. The molecule has 1 aromatic carbocycles. The highest BCUT2D eigenvalue weighted by Crippen LogP contribution is 2.19. The lowest BCUT2D eigenvalue weighted by Crippen LogP contribution is -2.36. The molecule has 0 aliphatic carbocycles. The molecule has 0 aromatic heterocycles. The Bertz CT molecular complexity index is 363. The van der Waals surface area contributed by atoms with Crippen LogP contribution in [0.15, 0.2) is 24.3 Å². The summed E-state index contributed by atoms with van der Waals surface area (Å²) in [5.74, 6) is 0.743. The lowest BCUT2D eigenvalue weighted by atomic mass is 10.1. The molecule has 0 aliphatic heterocycles. The highest BCUT2D eigenvalue weighted by Gasteiger charge is 2.14. The van der Waals surface area contributed by atoms with Crippen molar-refractivity contribution >= 4 is 5.91 Å². The molecule has 0 heterocycles. The van der Waals surface area contributed by atoms with Crippen molar-refractivity contribution in [3.63, 3.8) is 0 Å². The Kier molecular flexibility index (Phi) is 5.53. The Hall–Kier alpha value is -1.51. The van der Waals surface area contributed by atoms with Gasteiger partial charge in [0.1, 0.15) is 5.75 Å². The third kappa shape index (κ3) is 4.10. The fraction of sp³-hybridized carbons (Fsp3) is 0.500. The summed E-state index contributed by atoms with van der Waals surface area (Å²) in [5.41, 5.74) is 1.13. The molecule has 17 heavy (non-hydrogen) atoms. The lowest BCUT2D eigenvalue weighted by molar-refractivity contribution is -0.127. The SMILES string of the molecule is CCCNC(=O)[C@@H](C)Oc1ccccc1CC. The zero-order valence-corrected chi connectivity index (χ0v) is 10.8. The molecule has 0 fully saturated rings. The van der Waals surface area contributed by atoms with E-state index >= 15 is 0 Å². The van der Waals surface area contributed by atoms with Crippen LogP contribution in [0, 0.1) is 0 Å². The normalized spacial score (nSPS) is 11.9. The van der Waals surface area contributed by atoms with Gasteiger partial charge in [0.15, 0.2) is 6.10 Å². The predicted molar refractivity (Wildman–Crippen MR) is 69.2 cm³/mol. The van der Waals surface area contributed by atoms with Gasteiger partial charge in [0.05, 0.1) is 0 Å². The lowest BCUT2D eigenvalue weighted by Gasteiger charge is -2.16. The van der Waals surface area contributed by atoms with Gasteiger partial charge in [0.25, 0.3) is 5.91 Å². The van der Waals surface area contributed by atoms with Gasteiger partial charge in [-0.25, -0.2) is 0 Å².